The van der Waals surface area contributed by atoms with Gasteiger partial charge in [0, 0.05) is 0 Å². The maximum Gasteiger partial charge on any atom is 0.394 e. The van der Waals surface area contributed by atoms with Gasteiger partial charge in [-0.05, 0) is 13.3 Å². The molecule has 0 heterocycles. The molecular formula is C10H15F3. The molecule has 0 atom stereocenters. The Morgan fingerprint density at radius 3 is 2.08 bits per heavy atom. The van der Waals surface area contributed by atoms with Crippen molar-refractivity contribution in [2.45, 2.75) is 33.4 Å². The first kappa shape index (κ1) is 12.3. The van der Waals surface area contributed by atoms with Gasteiger partial charge in [-0.1, -0.05) is 38.2 Å². The van der Waals surface area contributed by atoms with Crippen LogP contribution in [-0.4, -0.2) is 6.18 Å². The minimum absolute atomic E-state index is 0.0164. The van der Waals surface area contributed by atoms with Gasteiger partial charge in [0.1, 0.15) is 0 Å². The van der Waals surface area contributed by atoms with E-state index < -0.39 is 11.6 Å². The molecule has 0 spiro atoms. The molecule has 0 aromatic heterocycles. The summed E-state index contributed by atoms with van der Waals surface area (Å²) in [6.45, 7) is 7.51. The Bertz CT molecular complexity index is 209. The van der Waals surface area contributed by atoms with E-state index in [1.807, 2.05) is 0 Å². The Hall–Kier alpha value is -0.730. The lowest BCUT2D eigenvalue weighted by Crippen LogP contribution is -2.32. The van der Waals surface area contributed by atoms with Crippen molar-refractivity contribution in [2.24, 2.45) is 5.41 Å². The zero-order chi connectivity index (χ0) is 10.7. The molecule has 3 heteroatoms. The standard InChI is InChI=1S/C10H15F3/c1-5-6-8(2)7-9(3,4)10(11,12)13/h5-6H,1,7H2,2-4H3/b8-6+. The molecule has 0 N–H and O–H groups in total. The molecular weight excluding hydrogens is 177 g/mol. The van der Waals surface area contributed by atoms with E-state index in [9.17, 15) is 13.2 Å². The number of rotatable bonds is 3. The van der Waals surface area contributed by atoms with E-state index in [-0.39, 0.29) is 6.42 Å². The van der Waals surface area contributed by atoms with Gasteiger partial charge in [0.25, 0.3) is 0 Å². The SMILES string of the molecule is C=C/C=C(\C)CC(C)(C)C(F)(F)F. The first-order valence-corrected chi connectivity index (χ1v) is 4.05. The van der Waals surface area contributed by atoms with Gasteiger partial charge < -0.3 is 0 Å². The molecule has 0 aromatic rings. The zero-order valence-electron chi connectivity index (χ0n) is 8.20. The van der Waals surface area contributed by atoms with E-state index in [0.717, 1.165) is 0 Å². The van der Waals surface area contributed by atoms with Crippen LogP contribution in [0.1, 0.15) is 27.2 Å². The Morgan fingerprint density at radius 1 is 1.31 bits per heavy atom. The van der Waals surface area contributed by atoms with Crippen LogP contribution in [0.5, 0.6) is 0 Å². The van der Waals surface area contributed by atoms with Gasteiger partial charge in [-0.15, -0.1) is 0 Å². The lowest BCUT2D eigenvalue weighted by molar-refractivity contribution is -0.210. The summed E-state index contributed by atoms with van der Waals surface area (Å²) in [6, 6.07) is 0. The summed E-state index contributed by atoms with van der Waals surface area (Å²) in [5.74, 6) is 0. The lowest BCUT2D eigenvalue weighted by Gasteiger charge is -2.27. The Kier molecular flexibility index (Phi) is 3.76. The fraction of sp³-hybridized carbons (Fsp3) is 0.600. The molecule has 76 valence electrons. The van der Waals surface area contributed by atoms with Crippen LogP contribution in [0.15, 0.2) is 24.3 Å². The number of allylic oxidation sites excluding steroid dienone is 3. The van der Waals surface area contributed by atoms with Gasteiger partial charge in [0.2, 0.25) is 0 Å². The van der Waals surface area contributed by atoms with E-state index in [0.29, 0.717) is 5.57 Å². The fourth-order valence-electron chi connectivity index (χ4n) is 1.06. The smallest absolute Gasteiger partial charge is 0.171 e. The maximum atomic E-state index is 12.4. The largest absolute Gasteiger partial charge is 0.394 e. The number of hydrogen-bond donors (Lipinski definition) is 0. The summed E-state index contributed by atoms with van der Waals surface area (Å²) in [6.07, 6.45) is -1.03. The van der Waals surface area contributed by atoms with Gasteiger partial charge in [-0.25, -0.2) is 0 Å². The average Bonchev–Trinajstić information content (AvgIpc) is 1.83. The van der Waals surface area contributed by atoms with E-state index in [1.165, 1.54) is 19.9 Å². The van der Waals surface area contributed by atoms with Crippen LogP contribution in [0.25, 0.3) is 0 Å². The monoisotopic (exact) mass is 192 g/mol. The van der Waals surface area contributed by atoms with Gasteiger partial charge in [-0.2, -0.15) is 13.2 Å². The summed E-state index contributed by atoms with van der Waals surface area (Å²) < 4.78 is 37.1. The molecule has 0 nitrogen and oxygen atoms in total. The van der Waals surface area contributed by atoms with E-state index in [2.05, 4.69) is 6.58 Å². The highest BCUT2D eigenvalue weighted by atomic mass is 19.4. The molecule has 0 saturated carbocycles. The fourth-order valence-corrected chi connectivity index (χ4v) is 1.06. The average molecular weight is 192 g/mol. The van der Waals surface area contributed by atoms with Crippen molar-refractivity contribution in [1.29, 1.82) is 0 Å². The van der Waals surface area contributed by atoms with Crippen molar-refractivity contribution >= 4 is 0 Å². The number of hydrogen-bond acceptors (Lipinski definition) is 0. The third kappa shape index (κ3) is 3.66. The van der Waals surface area contributed by atoms with Crippen LogP contribution in [0, 0.1) is 5.41 Å². The quantitative estimate of drug-likeness (QED) is 0.590. The molecule has 0 aliphatic heterocycles. The summed E-state index contributed by atoms with van der Waals surface area (Å²) in [4.78, 5) is 0. The minimum Gasteiger partial charge on any atom is -0.171 e. The zero-order valence-corrected chi connectivity index (χ0v) is 8.20. The number of halogens is 3. The first-order valence-electron chi connectivity index (χ1n) is 4.05. The summed E-state index contributed by atoms with van der Waals surface area (Å²) in [5, 5.41) is 0. The Labute approximate surface area is 77.1 Å². The second-order valence-corrected chi connectivity index (χ2v) is 3.81. The summed E-state index contributed by atoms with van der Waals surface area (Å²) >= 11 is 0. The first-order chi connectivity index (χ1) is 5.70. The van der Waals surface area contributed by atoms with Crippen LogP contribution in [-0.2, 0) is 0 Å². The molecule has 0 aromatic carbocycles. The molecule has 0 amide bonds. The second-order valence-electron chi connectivity index (χ2n) is 3.81. The van der Waals surface area contributed by atoms with Crippen LogP contribution in [0.4, 0.5) is 13.2 Å². The van der Waals surface area contributed by atoms with Crippen LogP contribution in [0.2, 0.25) is 0 Å². The van der Waals surface area contributed by atoms with Crippen molar-refractivity contribution in [2.75, 3.05) is 0 Å². The van der Waals surface area contributed by atoms with Gasteiger partial charge in [-0.3, -0.25) is 0 Å². The lowest BCUT2D eigenvalue weighted by atomic mass is 9.85. The second kappa shape index (κ2) is 3.99. The highest BCUT2D eigenvalue weighted by Gasteiger charge is 2.46. The summed E-state index contributed by atoms with van der Waals surface area (Å²) in [7, 11) is 0. The maximum absolute atomic E-state index is 12.4. The van der Waals surface area contributed by atoms with Crippen molar-refractivity contribution in [3.05, 3.63) is 24.3 Å². The van der Waals surface area contributed by atoms with E-state index in [1.54, 1.807) is 13.0 Å². The molecule has 0 aliphatic carbocycles. The number of alkyl halides is 3. The molecule has 0 fully saturated rings. The van der Waals surface area contributed by atoms with Crippen LogP contribution >= 0.6 is 0 Å². The van der Waals surface area contributed by atoms with Gasteiger partial charge in [0.05, 0.1) is 5.41 Å². The van der Waals surface area contributed by atoms with E-state index >= 15 is 0 Å². The van der Waals surface area contributed by atoms with Crippen molar-refractivity contribution in [1.82, 2.24) is 0 Å². The molecule has 13 heavy (non-hydrogen) atoms. The minimum atomic E-state index is -4.15. The van der Waals surface area contributed by atoms with Gasteiger partial charge >= 0.3 is 6.18 Å². The third-order valence-corrected chi connectivity index (χ3v) is 1.89. The van der Waals surface area contributed by atoms with Gasteiger partial charge in [0.15, 0.2) is 0 Å². The molecule has 0 rings (SSSR count). The Balaban J connectivity index is 4.51. The predicted octanol–water partition coefficient (Wildman–Crippen LogP) is 4.10. The molecule has 0 unspecified atom stereocenters. The normalized spacial score (nSPS) is 14.5. The molecule has 0 bridgehead atoms. The van der Waals surface area contributed by atoms with Crippen molar-refractivity contribution < 1.29 is 13.2 Å². The topological polar surface area (TPSA) is 0 Å². The van der Waals surface area contributed by atoms with Crippen LogP contribution < -0.4 is 0 Å². The molecule has 0 aliphatic rings. The third-order valence-electron chi connectivity index (χ3n) is 1.89. The van der Waals surface area contributed by atoms with Crippen LogP contribution in [0.3, 0.4) is 0 Å². The van der Waals surface area contributed by atoms with E-state index in [4.69, 9.17) is 0 Å². The highest BCUT2D eigenvalue weighted by Crippen LogP contribution is 2.41. The highest BCUT2D eigenvalue weighted by molar-refractivity contribution is 5.10. The van der Waals surface area contributed by atoms with Crippen molar-refractivity contribution in [3.63, 3.8) is 0 Å². The predicted molar refractivity (Wildman–Crippen MR) is 48.4 cm³/mol. The Morgan fingerprint density at radius 2 is 1.77 bits per heavy atom. The summed E-state index contributed by atoms with van der Waals surface area (Å²) in [5.41, 5.74) is -0.964. The molecule has 0 radical (unpaired) electrons. The molecule has 0 saturated heterocycles. The van der Waals surface area contributed by atoms with Crippen molar-refractivity contribution in [3.8, 4) is 0 Å².